The number of ether oxygens (including phenoxy) is 2. The number of fused-ring (bicyclic) bond motifs is 2. The first-order valence-electron chi connectivity index (χ1n) is 26.1. The van der Waals surface area contributed by atoms with Gasteiger partial charge in [0.15, 0.2) is 16.5 Å². The van der Waals surface area contributed by atoms with Gasteiger partial charge in [-0.3, -0.25) is 24.0 Å². The van der Waals surface area contributed by atoms with Gasteiger partial charge in [0.25, 0.3) is 6.47 Å². The van der Waals surface area contributed by atoms with Gasteiger partial charge in [0.2, 0.25) is 5.91 Å². The fourth-order valence-corrected chi connectivity index (χ4v) is 9.55. The highest BCUT2D eigenvalue weighted by Gasteiger charge is 2.30. The maximum Gasteiger partial charge on any atom is 0.336 e. The zero-order valence-electron chi connectivity index (χ0n) is 44.4. The Morgan fingerprint density at radius 1 is 0.731 bits per heavy atom. The number of anilines is 2. The number of carbonyl (C=O) groups is 7. The lowest BCUT2D eigenvalue weighted by Gasteiger charge is -2.30. The highest BCUT2D eigenvalue weighted by Crippen LogP contribution is 2.49. The fraction of sp³-hybridized carbons (Fsp3) is 0.404. The van der Waals surface area contributed by atoms with Crippen LogP contribution in [0.15, 0.2) is 101 Å². The SMILES string of the molecule is CCN(CC)c1ccc2c(c1)Oc1cc(N(CC)CC)ccc1C2=C1C=CC(=NC(=S)NCCCC(=O)C[C@@H](Cc2ccccc2)C(=O)NCCCC(=O)CC[C@H](NC(=S)N[C@@H](CCC(=O)O)OC=O)C(=O)O)C=C1C(=O)O. The Labute approximate surface area is 465 Å². The van der Waals surface area contributed by atoms with E-state index in [2.05, 4.69) is 63.8 Å². The number of aliphatic carboxylic acids is 3. The van der Waals surface area contributed by atoms with E-state index in [4.69, 9.17) is 39.0 Å². The van der Waals surface area contributed by atoms with Crippen LogP contribution < -0.4 is 35.8 Å². The minimum Gasteiger partial charge on any atom is -0.481 e. The van der Waals surface area contributed by atoms with Crippen molar-refractivity contribution in [2.24, 2.45) is 10.9 Å². The normalized spacial score (nSPS) is 14.0. The number of nitrogens with one attached hydrogen (secondary N) is 4. The van der Waals surface area contributed by atoms with E-state index in [0.29, 0.717) is 35.6 Å². The van der Waals surface area contributed by atoms with Crippen LogP contribution in [0.5, 0.6) is 11.5 Å². The first kappa shape index (κ1) is 61.1. The second kappa shape index (κ2) is 30.8. The van der Waals surface area contributed by atoms with Crippen molar-refractivity contribution in [1.29, 1.82) is 0 Å². The Morgan fingerprint density at radius 3 is 1.90 bits per heavy atom. The van der Waals surface area contributed by atoms with Crippen LogP contribution in [0, 0.1) is 5.92 Å². The number of carboxylic acids is 3. The maximum atomic E-state index is 13.5. The molecule has 3 aromatic rings. The largest absolute Gasteiger partial charge is 0.481 e. The third-order valence-electron chi connectivity index (χ3n) is 13.1. The number of allylic oxidation sites excluding steroid dienone is 3. The average molecular weight is 1110 g/mol. The van der Waals surface area contributed by atoms with Crippen LogP contribution in [-0.2, 0) is 44.7 Å². The van der Waals surface area contributed by atoms with Crippen LogP contribution >= 0.6 is 24.4 Å². The van der Waals surface area contributed by atoms with Gasteiger partial charge >= 0.3 is 17.9 Å². The molecule has 5 rings (SSSR count). The first-order valence-corrected chi connectivity index (χ1v) is 27.0. The lowest BCUT2D eigenvalue weighted by Crippen LogP contribution is -2.49. The standard InChI is InChI=1S/C57H69N7O12S2/c1-5-63(6-2)39-19-23-44-48(33-39)76-49-34-40(64(7-3)8-4)20-24-45(49)52(44)43-22-18-38(32-46(43)54(71)72)60-56(77)59-29-13-17-42(67)31-37(30-36-14-10-9-11-15-36)53(70)58-28-12-16-41(66)21-25-47(55(73)74)61-57(78)62-50(75-35-65)26-27-51(68)69/h9-11,14-15,18-20,22-24,32-35,37,47,50H,5-8,12-13,16-17,21,25-31H2,1-4H3,(H,58,70)(H,59,77)(H,68,69)(H,71,72)(H,73,74)(H2,61,62,78)/t37-,47+,50-/m1/s1. The summed E-state index contributed by atoms with van der Waals surface area (Å²) >= 11 is 10.7. The molecule has 1 aliphatic carbocycles. The van der Waals surface area contributed by atoms with Crippen molar-refractivity contribution < 1.29 is 58.4 Å². The molecule has 0 unspecified atom stereocenters. The van der Waals surface area contributed by atoms with Gasteiger partial charge in [-0.2, -0.15) is 0 Å². The molecule has 1 heterocycles. The third-order valence-corrected chi connectivity index (χ3v) is 13.6. The Balaban J connectivity index is 1.16. The molecule has 0 bridgehead atoms. The van der Waals surface area contributed by atoms with Crippen LogP contribution in [0.4, 0.5) is 11.4 Å². The predicted molar refractivity (Wildman–Crippen MR) is 306 cm³/mol. The van der Waals surface area contributed by atoms with E-state index in [1.165, 1.54) is 6.08 Å². The highest BCUT2D eigenvalue weighted by atomic mass is 32.1. The molecule has 0 saturated heterocycles. The predicted octanol–water partition coefficient (Wildman–Crippen LogP) is 7.31. The summed E-state index contributed by atoms with van der Waals surface area (Å²) in [6.45, 7) is 12.1. The van der Waals surface area contributed by atoms with Crippen LogP contribution in [0.25, 0.3) is 5.57 Å². The van der Waals surface area contributed by atoms with Crippen LogP contribution in [0.2, 0.25) is 0 Å². The summed E-state index contributed by atoms with van der Waals surface area (Å²) in [6, 6.07) is 20.0. The number of carbonyl (C=O) groups excluding carboxylic acids is 4. The minimum absolute atomic E-state index is 0.0328. The first-order chi connectivity index (χ1) is 37.5. The van der Waals surface area contributed by atoms with Crippen molar-refractivity contribution in [3.63, 3.8) is 0 Å². The smallest absolute Gasteiger partial charge is 0.336 e. The lowest BCUT2D eigenvalue weighted by molar-refractivity contribution is -0.141. The second-order valence-corrected chi connectivity index (χ2v) is 19.2. The van der Waals surface area contributed by atoms with Gasteiger partial charge in [0, 0.05) is 117 Å². The number of hydrogen-bond donors (Lipinski definition) is 7. The topological polar surface area (TPSA) is 266 Å². The summed E-state index contributed by atoms with van der Waals surface area (Å²) in [5.74, 6) is -3.75. The van der Waals surface area contributed by atoms with Crippen molar-refractivity contribution in [2.45, 2.75) is 104 Å². The Kier molecular flexibility index (Phi) is 24.1. The zero-order valence-corrected chi connectivity index (χ0v) is 46.0. The molecular weight excluding hydrogens is 1040 g/mol. The van der Waals surface area contributed by atoms with Gasteiger partial charge in [-0.25, -0.2) is 14.6 Å². The molecule has 7 N–H and O–H groups in total. The quantitative estimate of drug-likeness (QED) is 0.0113. The number of aliphatic imine (C=N–C) groups is 1. The number of amides is 1. The van der Waals surface area contributed by atoms with Gasteiger partial charge < -0.3 is 55.9 Å². The van der Waals surface area contributed by atoms with Crippen LogP contribution in [0.3, 0.4) is 0 Å². The molecule has 1 aliphatic heterocycles. The van der Waals surface area contributed by atoms with E-state index in [-0.39, 0.29) is 104 Å². The molecule has 0 radical (unpaired) electrons. The molecule has 3 aromatic carbocycles. The molecular formula is C57H69N7O12S2. The summed E-state index contributed by atoms with van der Waals surface area (Å²) < 4.78 is 11.4. The van der Waals surface area contributed by atoms with Gasteiger partial charge in [0.1, 0.15) is 29.1 Å². The highest BCUT2D eigenvalue weighted by molar-refractivity contribution is 7.80. The van der Waals surface area contributed by atoms with E-state index < -0.39 is 36.1 Å². The van der Waals surface area contributed by atoms with Gasteiger partial charge in [0.05, 0.1) is 17.7 Å². The number of ketones is 2. The van der Waals surface area contributed by atoms with E-state index >= 15 is 0 Å². The van der Waals surface area contributed by atoms with Crippen molar-refractivity contribution in [3.05, 3.63) is 113 Å². The number of thiocarbonyl (C=S) groups is 2. The second-order valence-electron chi connectivity index (χ2n) is 18.4. The molecule has 0 spiro atoms. The van der Waals surface area contributed by atoms with Crippen LogP contribution in [0.1, 0.15) is 102 Å². The number of carboxylic acid groups (broad SMARTS) is 3. The monoisotopic (exact) mass is 1110 g/mol. The lowest BCUT2D eigenvalue weighted by atomic mass is 9.84. The molecule has 78 heavy (non-hydrogen) atoms. The number of rotatable bonds is 31. The number of benzene rings is 3. The van der Waals surface area contributed by atoms with E-state index in [1.807, 2.05) is 66.7 Å². The van der Waals surface area contributed by atoms with Crippen molar-refractivity contribution in [2.75, 3.05) is 49.1 Å². The molecule has 1 amide bonds. The summed E-state index contributed by atoms with van der Waals surface area (Å²) in [7, 11) is 0. The Hall–Kier alpha value is -7.78. The molecule has 0 fully saturated rings. The van der Waals surface area contributed by atoms with Crippen molar-refractivity contribution in [1.82, 2.24) is 21.3 Å². The van der Waals surface area contributed by atoms with E-state index in [0.717, 1.165) is 59.8 Å². The third kappa shape index (κ3) is 18.2. The molecule has 19 nitrogen and oxygen atoms in total. The maximum absolute atomic E-state index is 13.5. The molecule has 0 saturated carbocycles. The Bertz CT molecular complexity index is 2740. The number of Topliss-reactive ketones (excluding diaryl/α,β-unsaturated/α-hetero) is 2. The zero-order chi connectivity index (χ0) is 56.7. The summed E-state index contributed by atoms with van der Waals surface area (Å²) in [4.78, 5) is 95.2. The summed E-state index contributed by atoms with van der Waals surface area (Å²) in [6.07, 6.45) is 4.24. The number of nitrogens with zero attached hydrogens (tertiary/aromatic N) is 3. The molecule has 21 heteroatoms. The van der Waals surface area contributed by atoms with Crippen LogP contribution in [-0.4, -0.2) is 125 Å². The molecule has 2 aliphatic rings. The van der Waals surface area contributed by atoms with Crippen molar-refractivity contribution in [3.8, 4) is 11.5 Å². The Morgan fingerprint density at radius 2 is 1.33 bits per heavy atom. The average Bonchev–Trinajstić information content (AvgIpc) is 3.61. The van der Waals surface area contributed by atoms with Gasteiger partial charge in [-0.1, -0.05) is 36.4 Å². The number of hydrogen-bond acceptors (Lipinski definition) is 13. The fourth-order valence-electron chi connectivity index (χ4n) is 9.07. The van der Waals surface area contributed by atoms with E-state index in [9.17, 15) is 43.8 Å². The summed E-state index contributed by atoms with van der Waals surface area (Å²) in [5, 5.41) is 40.1. The molecule has 416 valence electrons. The molecule has 0 aromatic heterocycles. The minimum atomic E-state index is -1.29. The van der Waals surface area contributed by atoms with Gasteiger partial charge in [-0.05, 0) is 125 Å². The summed E-state index contributed by atoms with van der Waals surface area (Å²) in [5.41, 5.74) is 5.95. The van der Waals surface area contributed by atoms with E-state index in [1.54, 1.807) is 12.2 Å². The van der Waals surface area contributed by atoms with Gasteiger partial charge in [-0.15, -0.1) is 0 Å². The van der Waals surface area contributed by atoms with Crippen molar-refractivity contribution >= 4 is 99.2 Å². The molecule has 3 atom stereocenters.